The number of hydrogen-bond donors (Lipinski definition) is 3. The number of nitrogens with one attached hydrogen (secondary N) is 3. The smallest absolute Gasteiger partial charge is 0.208 e. The third kappa shape index (κ3) is 6.87. The van der Waals surface area contributed by atoms with Crippen molar-refractivity contribution in [1.29, 1.82) is 0 Å². The lowest BCUT2D eigenvalue weighted by Crippen LogP contribution is -2.52. The second-order valence-corrected chi connectivity index (χ2v) is 7.91. The summed E-state index contributed by atoms with van der Waals surface area (Å²) >= 11 is 0. The Bertz CT molecular complexity index is 696. The number of guanidine groups is 1. The van der Waals surface area contributed by atoms with Crippen LogP contribution in [0.4, 0.5) is 10.1 Å². The van der Waals surface area contributed by atoms with Crippen molar-refractivity contribution in [2.45, 2.75) is 18.9 Å². The van der Waals surface area contributed by atoms with Crippen LogP contribution in [0, 0.1) is 5.82 Å². The number of piperidine rings is 1. The average molecular weight is 371 g/mol. The van der Waals surface area contributed by atoms with E-state index in [0.29, 0.717) is 19.0 Å². The van der Waals surface area contributed by atoms with Crippen LogP contribution in [0.2, 0.25) is 0 Å². The zero-order valence-electron chi connectivity index (χ0n) is 14.6. The molecule has 9 heteroatoms. The van der Waals surface area contributed by atoms with Crippen molar-refractivity contribution in [2.24, 2.45) is 4.99 Å². The summed E-state index contributed by atoms with van der Waals surface area (Å²) in [5.41, 5.74) is 0.881. The lowest BCUT2D eigenvalue weighted by molar-refractivity contribution is 0.467. The summed E-state index contributed by atoms with van der Waals surface area (Å²) in [4.78, 5) is 6.32. The summed E-state index contributed by atoms with van der Waals surface area (Å²) in [6.45, 7) is 2.38. The Kier molecular flexibility index (Phi) is 7.01. The third-order valence-electron chi connectivity index (χ3n) is 3.94. The molecule has 1 atom stereocenters. The highest BCUT2D eigenvalue weighted by Gasteiger charge is 2.21. The van der Waals surface area contributed by atoms with E-state index in [1.807, 2.05) is 6.07 Å². The molecule has 1 heterocycles. The van der Waals surface area contributed by atoms with E-state index in [0.717, 1.165) is 37.9 Å². The molecule has 0 aromatic heterocycles. The van der Waals surface area contributed by atoms with Gasteiger partial charge in [-0.3, -0.25) is 4.99 Å². The third-order valence-corrected chi connectivity index (χ3v) is 4.67. The molecule has 0 saturated carbocycles. The largest absolute Gasteiger partial charge is 0.369 e. The molecule has 1 aromatic carbocycles. The Morgan fingerprint density at radius 3 is 2.88 bits per heavy atom. The molecule has 1 aliphatic rings. The van der Waals surface area contributed by atoms with Crippen LogP contribution in [-0.4, -0.2) is 59.9 Å². The van der Waals surface area contributed by atoms with Crippen molar-refractivity contribution < 1.29 is 12.8 Å². The number of sulfonamides is 1. The molecule has 1 saturated heterocycles. The minimum atomic E-state index is -3.19. The number of hydrogen-bond acceptors (Lipinski definition) is 4. The van der Waals surface area contributed by atoms with E-state index in [1.165, 1.54) is 6.07 Å². The Balaban J connectivity index is 1.84. The molecule has 0 aliphatic carbocycles. The molecule has 1 fully saturated rings. The van der Waals surface area contributed by atoms with Crippen LogP contribution in [0.25, 0.3) is 0 Å². The van der Waals surface area contributed by atoms with Crippen LogP contribution in [0.15, 0.2) is 29.3 Å². The maximum absolute atomic E-state index is 13.4. The molecule has 3 N–H and O–H groups in total. The SMILES string of the molecule is CN=C(NCCNS(C)(=O)=O)NC1CCCN(c2cccc(F)c2)C1. The number of benzene rings is 1. The quantitative estimate of drug-likeness (QED) is 0.385. The predicted octanol–water partition coefficient (Wildman–Crippen LogP) is 0.509. The molecule has 140 valence electrons. The molecule has 7 nitrogen and oxygen atoms in total. The normalized spacial score (nSPS) is 18.9. The van der Waals surface area contributed by atoms with E-state index < -0.39 is 10.0 Å². The van der Waals surface area contributed by atoms with Gasteiger partial charge in [-0.15, -0.1) is 0 Å². The fraction of sp³-hybridized carbons (Fsp3) is 0.562. The van der Waals surface area contributed by atoms with Crippen molar-refractivity contribution in [3.8, 4) is 0 Å². The topological polar surface area (TPSA) is 85.8 Å². The molecule has 0 spiro atoms. The standard InChI is InChI=1S/C16H26FN5O2S/c1-18-16(19-8-9-20-25(2,23)24)21-14-6-4-10-22(12-14)15-7-3-5-13(17)11-15/h3,5,7,11,14,20H,4,6,8-10,12H2,1-2H3,(H2,18,19,21). The molecule has 2 rings (SSSR count). The highest BCUT2D eigenvalue weighted by Crippen LogP contribution is 2.20. The monoisotopic (exact) mass is 371 g/mol. The van der Waals surface area contributed by atoms with E-state index >= 15 is 0 Å². The van der Waals surface area contributed by atoms with Crippen LogP contribution in [0.3, 0.4) is 0 Å². The highest BCUT2D eigenvalue weighted by atomic mass is 32.2. The predicted molar refractivity (Wildman–Crippen MR) is 99.0 cm³/mol. The van der Waals surface area contributed by atoms with Gasteiger partial charge in [-0.1, -0.05) is 6.07 Å². The Hall–Kier alpha value is -1.87. The van der Waals surface area contributed by atoms with Gasteiger partial charge in [0.15, 0.2) is 5.96 Å². The van der Waals surface area contributed by atoms with Crippen LogP contribution in [0.5, 0.6) is 0 Å². The highest BCUT2D eigenvalue weighted by molar-refractivity contribution is 7.88. The zero-order valence-corrected chi connectivity index (χ0v) is 15.4. The second kappa shape index (κ2) is 9.00. The van der Waals surface area contributed by atoms with Gasteiger partial charge in [0.2, 0.25) is 10.0 Å². The van der Waals surface area contributed by atoms with Crippen LogP contribution in [-0.2, 0) is 10.0 Å². The number of rotatable bonds is 6. The Morgan fingerprint density at radius 2 is 2.20 bits per heavy atom. The van der Waals surface area contributed by atoms with Crippen molar-refractivity contribution in [1.82, 2.24) is 15.4 Å². The van der Waals surface area contributed by atoms with Gasteiger partial charge in [-0.05, 0) is 31.0 Å². The van der Waals surface area contributed by atoms with Crippen molar-refractivity contribution in [3.63, 3.8) is 0 Å². The lowest BCUT2D eigenvalue weighted by Gasteiger charge is -2.35. The number of aliphatic imine (C=N–C) groups is 1. The van der Waals surface area contributed by atoms with E-state index in [-0.39, 0.29) is 11.9 Å². The first-order valence-electron chi connectivity index (χ1n) is 8.30. The minimum Gasteiger partial charge on any atom is -0.369 e. The van der Waals surface area contributed by atoms with Crippen LogP contribution < -0.4 is 20.3 Å². The van der Waals surface area contributed by atoms with Crippen molar-refractivity contribution in [2.75, 3.05) is 44.4 Å². The summed E-state index contributed by atoms with van der Waals surface area (Å²) in [5.74, 6) is 0.393. The first-order chi connectivity index (χ1) is 11.9. The van der Waals surface area contributed by atoms with E-state index in [4.69, 9.17) is 0 Å². The molecule has 1 unspecified atom stereocenters. The van der Waals surface area contributed by atoms with Gasteiger partial charge in [0.05, 0.1) is 6.26 Å². The zero-order chi connectivity index (χ0) is 18.3. The van der Waals surface area contributed by atoms with Crippen LogP contribution in [0.1, 0.15) is 12.8 Å². The summed E-state index contributed by atoms with van der Waals surface area (Å²) in [7, 11) is -1.51. The first kappa shape index (κ1) is 19.5. The molecular formula is C16H26FN5O2S. The molecule has 1 aliphatic heterocycles. The van der Waals surface area contributed by atoms with Gasteiger partial charge in [-0.2, -0.15) is 0 Å². The average Bonchev–Trinajstić information content (AvgIpc) is 2.57. The van der Waals surface area contributed by atoms with Gasteiger partial charge >= 0.3 is 0 Å². The molecule has 0 amide bonds. The van der Waals surface area contributed by atoms with Gasteiger partial charge in [-0.25, -0.2) is 17.5 Å². The summed E-state index contributed by atoms with van der Waals surface area (Å²) in [5, 5.41) is 6.43. The Morgan fingerprint density at radius 1 is 1.40 bits per heavy atom. The number of nitrogens with zero attached hydrogens (tertiary/aromatic N) is 2. The van der Waals surface area contributed by atoms with Gasteiger partial charge < -0.3 is 15.5 Å². The second-order valence-electron chi connectivity index (χ2n) is 6.07. The molecule has 25 heavy (non-hydrogen) atoms. The van der Waals surface area contributed by atoms with Gasteiger partial charge in [0.1, 0.15) is 5.82 Å². The fourth-order valence-electron chi connectivity index (χ4n) is 2.81. The van der Waals surface area contributed by atoms with E-state index in [1.54, 1.807) is 19.2 Å². The van der Waals surface area contributed by atoms with Gasteiger partial charge in [0.25, 0.3) is 0 Å². The number of anilines is 1. The molecular weight excluding hydrogens is 345 g/mol. The van der Waals surface area contributed by atoms with Gasteiger partial charge in [0, 0.05) is 45.0 Å². The fourth-order valence-corrected chi connectivity index (χ4v) is 3.28. The molecule has 1 aromatic rings. The maximum Gasteiger partial charge on any atom is 0.208 e. The Labute approximate surface area is 148 Å². The first-order valence-corrected chi connectivity index (χ1v) is 10.2. The maximum atomic E-state index is 13.4. The summed E-state index contributed by atoms with van der Waals surface area (Å²) < 4.78 is 37.9. The van der Waals surface area contributed by atoms with Crippen molar-refractivity contribution in [3.05, 3.63) is 30.1 Å². The lowest BCUT2D eigenvalue weighted by atomic mass is 10.0. The molecule has 0 bridgehead atoms. The number of halogens is 1. The molecule has 0 radical (unpaired) electrons. The van der Waals surface area contributed by atoms with E-state index in [2.05, 4.69) is 25.2 Å². The summed E-state index contributed by atoms with van der Waals surface area (Å²) in [6.07, 6.45) is 3.12. The van der Waals surface area contributed by atoms with Crippen LogP contribution >= 0.6 is 0 Å². The minimum absolute atomic E-state index is 0.186. The van der Waals surface area contributed by atoms with E-state index in [9.17, 15) is 12.8 Å². The van der Waals surface area contributed by atoms with Crippen molar-refractivity contribution >= 4 is 21.7 Å². The summed E-state index contributed by atoms with van der Waals surface area (Å²) in [6, 6.07) is 6.81.